The zero-order valence-corrected chi connectivity index (χ0v) is 29.0. The van der Waals surface area contributed by atoms with E-state index in [2.05, 4.69) is 155 Å². The minimum absolute atomic E-state index is 0.100. The summed E-state index contributed by atoms with van der Waals surface area (Å²) in [5, 5.41) is 0. The van der Waals surface area contributed by atoms with Crippen molar-refractivity contribution in [2.24, 2.45) is 0 Å². The lowest BCUT2D eigenvalue weighted by Gasteiger charge is -2.28. The maximum absolute atomic E-state index is 4.81. The van der Waals surface area contributed by atoms with Crippen molar-refractivity contribution >= 4 is 42.3 Å². The summed E-state index contributed by atoms with van der Waals surface area (Å²) in [7, 11) is 0. The number of hydrogen-bond donors (Lipinski definition) is 2. The van der Waals surface area contributed by atoms with Crippen LogP contribution in [0.2, 0.25) is 0 Å². The van der Waals surface area contributed by atoms with Crippen molar-refractivity contribution in [3.63, 3.8) is 0 Å². The molecule has 0 aromatic heterocycles. The smallest absolute Gasteiger partial charge is 0.0368 e. The van der Waals surface area contributed by atoms with Crippen LogP contribution >= 0.6 is 25.3 Å². The van der Waals surface area contributed by atoms with Crippen LogP contribution in [-0.4, -0.2) is 38.8 Å². The Morgan fingerprint density at radius 3 is 1.44 bits per heavy atom. The summed E-state index contributed by atoms with van der Waals surface area (Å²) in [6, 6.07) is 35.2. The summed E-state index contributed by atoms with van der Waals surface area (Å²) in [4.78, 5) is 9.06. The summed E-state index contributed by atoms with van der Waals surface area (Å²) < 4.78 is 0. The van der Waals surface area contributed by atoms with Gasteiger partial charge < -0.3 is 14.7 Å². The molecular weight excluding hydrogens is 563 g/mol. The Bertz CT molecular complexity index is 1350. The average molecular weight is 614 g/mol. The van der Waals surface area contributed by atoms with E-state index in [1.54, 1.807) is 0 Å². The normalized spacial score (nSPS) is 11.5. The Morgan fingerprint density at radius 2 is 1.00 bits per heavy atom. The van der Waals surface area contributed by atoms with Gasteiger partial charge in [0.05, 0.1) is 0 Å². The fourth-order valence-corrected chi connectivity index (χ4v) is 6.20. The molecule has 230 valence electrons. The highest BCUT2D eigenvalue weighted by Crippen LogP contribution is 2.38. The Labute approximate surface area is 272 Å². The molecule has 4 rings (SSSR count). The Hall–Kier alpha value is -3.02. The van der Waals surface area contributed by atoms with E-state index in [0.717, 1.165) is 42.5 Å². The van der Waals surface area contributed by atoms with Gasteiger partial charge in [-0.25, -0.2) is 0 Å². The molecule has 4 aromatic carbocycles. The summed E-state index contributed by atoms with van der Waals surface area (Å²) in [5.41, 5.74) is 7.55. The first kappa shape index (κ1) is 34.5. The van der Waals surface area contributed by atoms with Crippen molar-refractivity contribution in [2.45, 2.75) is 70.2 Å². The van der Waals surface area contributed by atoms with Crippen molar-refractivity contribution in [2.75, 3.05) is 47.4 Å². The minimum atomic E-state index is 0.100. The molecule has 0 aliphatic heterocycles. The molecular formula is C38H51N3S2. The summed E-state index contributed by atoms with van der Waals surface area (Å²) in [6.45, 7) is 20.6. The Kier molecular flexibility index (Phi) is 13.9. The second-order valence-electron chi connectivity index (χ2n) is 10.9. The number of rotatable bonds is 12. The third kappa shape index (κ3) is 9.23. The van der Waals surface area contributed by atoms with E-state index in [-0.39, 0.29) is 5.92 Å². The topological polar surface area (TPSA) is 9.72 Å². The molecule has 43 heavy (non-hydrogen) atoms. The third-order valence-electron chi connectivity index (χ3n) is 8.08. The summed E-state index contributed by atoms with van der Waals surface area (Å²) in [5.74, 6) is 0.100. The molecule has 0 fully saturated rings. The number of anilines is 3. The molecule has 0 heterocycles. The number of hydrogen-bond acceptors (Lipinski definition) is 5. The molecule has 4 aromatic rings. The van der Waals surface area contributed by atoms with Crippen LogP contribution < -0.4 is 14.7 Å². The van der Waals surface area contributed by atoms with Crippen molar-refractivity contribution in [1.29, 1.82) is 0 Å². The third-order valence-corrected chi connectivity index (χ3v) is 8.77. The SMILES string of the molecule is CCN(CC)c1ccc(C(c2ccc(N(CC)C(C)C)cc2)c2cc(S)ccc2S)cc1.CCN(CC)c1ccccc1. The summed E-state index contributed by atoms with van der Waals surface area (Å²) >= 11 is 9.43. The molecule has 0 aliphatic carbocycles. The van der Waals surface area contributed by atoms with Gasteiger partial charge in [0.25, 0.3) is 0 Å². The van der Waals surface area contributed by atoms with Gasteiger partial charge >= 0.3 is 0 Å². The van der Waals surface area contributed by atoms with Crippen molar-refractivity contribution < 1.29 is 0 Å². The first-order chi connectivity index (χ1) is 20.8. The van der Waals surface area contributed by atoms with Crippen LogP contribution in [0.1, 0.15) is 71.1 Å². The molecule has 0 saturated heterocycles. The molecule has 0 aliphatic rings. The molecule has 0 N–H and O–H groups in total. The molecule has 5 heteroatoms. The Morgan fingerprint density at radius 1 is 0.535 bits per heavy atom. The van der Waals surface area contributed by atoms with Crippen LogP contribution in [0.5, 0.6) is 0 Å². The molecule has 1 atom stereocenters. The maximum atomic E-state index is 4.81. The largest absolute Gasteiger partial charge is 0.372 e. The van der Waals surface area contributed by atoms with Crippen LogP contribution in [0.3, 0.4) is 0 Å². The van der Waals surface area contributed by atoms with E-state index in [0.29, 0.717) is 6.04 Å². The fraction of sp³-hybridized carbons (Fsp3) is 0.368. The van der Waals surface area contributed by atoms with Gasteiger partial charge in [-0.1, -0.05) is 42.5 Å². The van der Waals surface area contributed by atoms with E-state index in [9.17, 15) is 0 Å². The fourth-order valence-electron chi connectivity index (χ4n) is 5.72. The second kappa shape index (κ2) is 17.3. The molecule has 1 unspecified atom stereocenters. The molecule has 0 bridgehead atoms. The van der Waals surface area contributed by atoms with Crippen LogP contribution in [-0.2, 0) is 0 Å². The highest BCUT2D eigenvalue weighted by atomic mass is 32.1. The highest BCUT2D eigenvalue weighted by Gasteiger charge is 2.20. The lowest BCUT2D eigenvalue weighted by molar-refractivity contribution is 0.703. The van der Waals surface area contributed by atoms with Gasteiger partial charge in [-0.05, 0) is 120 Å². The van der Waals surface area contributed by atoms with Crippen LogP contribution in [0.25, 0.3) is 0 Å². The maximum Gasteiger partial charge on any atom is 0.0368 e. The van der Waals surface area contributed by atoms with Gasteiger partial charge in [0.1, 0.15) is 0 Å². The standard InChI is InChI=1S/C28H36N2S2.C10H15N/c1-6-29(7-2)23-13-9-21(10-14-23)28(26-19-25(31)17-18-27(26)32)22-11-15-24(16-12-22)30(8-3)20(4)5;1-3-11(4-2)10-8-6-5-7-9-10/h9-20,28,31-32H,6-8H2,1-5H3;5-9H,3-4H2,1-2H3. The van der Waals surface area contributed by atoms with Gasteiger partial charge in [0.15, 0.2) is 0 Å². The second-order valence-corrected chi connectivity index (χ2v) is 11.9. The van der Waals surface area contributed by atoms with Gasteiger partial charge in [-0.2, -0.15) is 0 Å². The summed E-state index contributed by atoms with van der Waals surface area (Å²) in [6.07, 6.45) is 0. The Balaban J connectivity index is 0.000000386. The van der Waals surface area contributed by atoms with Crippen molar-refractivity contribution in [3.8, 4) is 0 Å². The van der Waals surface area contributed by atoms with Crippen LogP contribution in [0.4, 0.5) is 17.1 Å². The van der Waals surface area contributed by atoms with E-state index >= 15 is 0 Å². The van der Waals surface area contributed by atoms with Crippen molar-refractivity contribution in [3.05, 3.63) is 114 Å². The zero-order chi connectivity index (χ0) is 31.4. The number of nitrogens with zero attached hydrogens (tertiary/aromatic N) is 3. The first-order valence-corrected chi connectivity index (χ1v) is 16.7. The van der Waals surface area contributed by atoms with Gasteiger partial charge in [-0.3, -0.25) is 0 Å². The van der Waals surface area contributed by atoms with E-state index < -0.39 is 0 Å². The van der Waals surface area contributed by atoms with E-state index in [1.807, 2.05) is 18.2 Å². The molecule has 0 amide bonds. The van der Waals surface area contributed by atoms with E-state index in [1.165, 1.54) is 33.8 Å². The average Bonchev–Trinajstić information content (AvgIpc) is 3.03. The molecule has 3 nitrogen and oxygen atoms in total. The van der Waals surface area contributed by atoms with Gasteiger partial charge in [-0.15, -0.1) is 25.3 Å². The highest BCUT2D eigenvalue weighted by molar-refractivity contribution is 7.80. The zero-order valence-electron chi connectivity index (χ0n) is 27.2. The molecule has 0 radical (unpaired) electrons. The first-order valence-electron chi connectivity index (χ1n) is 15.8. The molecule has 0 spiro atoms. The van der Waals surface area contributed by atoms with Crippen LogP contribution in [0.15, 0.2) is 107 Å². The van der Waals surface area contributed by atoms with Crippen LogP contribution in [0, 0.1) is 0 Å². The van der Waals surface area contributed by atoms with Gasteiger partial charge in [0.2, 0.25) is 0 Å². The monoisotopic (exact) mass is 613 g/mol. The predicted molar refractivity (Wildman–Crippen MR) is 196 cm³/mol. The van der Waals surface area contributed by atoms with E-state index in [4.69, 9.17) is 12.6 Å². The minimum Gasteiger partial charge on any atom is -0.372 e. The molecule has 0 saturated carbocycles. The number of thiol groups is 2. The van der Waals surface area contributed by atoms with Crippen molar-refractivity contribution in [1.82, 2.24) is 0 Å². The van der Waals surface area contributed by atoms with Gasteiger partial charge in [0, 0.05) is 71.5 Å². The predicted octanol–water partition coefficient (Wildman–Crippen LogP) is 10.1. The lowest BCUT2D eigenvalue weighted by atomic mass is 9.85. The lowest BCUT2D eigenvalue weighted by Crippen LogP contribution is -2.30. The number of benzene rings is 4. The number of para-hydroxylation sites is 1. The quantitative estimate of drug-likeness (QED) is 0.122.